The van der Waals surface area contributed by atoms with E-state index in [1.807, 2.05) is 0 Å². The summed E-state index contributed by atoms with van der Waals surface area (Å²) in [5.74, 6) is 1.20. The van der Waals surface area contributed by atoms with Gasteiger partial charge in [-0.1, -0.05) is 37.4 Å². The molecular formula is C12H18ClNOS. The second-order valence-electron chi connectivity index (χ2n) is 3.80. The van der Waals surface area contributed by atoms with Gasteiger partial charge >= 0.3 is 0 Å². The van der Waals surface area contributed by atoms with Gasteiger partial charge in [-0.3, -0.25) is 4.21 Å². The van der Waals surface area contributed by atoms with E-state index in [1.165, 1.54) is 0 Å². The number of hydrogen-bond acceptors (Lipinski definition) is 2. The van der Waals surface area contributed by atoms with Gasteiger partial charge < -0.3 is 5.73 Å². The minimum Gasteiger partial charge on any atom is -0.398 e. The third kappa shape index (κ3) is 4.14. The zero-order valence-corrected chi connectivity index (χ0v) is 11.1. The monoisotopic (exact) mass is 259 g/mol. The van der Waals surface area contributed by atoms with Crippen LogP contribution >= 0.6 is 11.6 Å². The number of nitrogen functional groups attached to an aromatic ring is 1. The molecule has 0 amide bonds. The minimum absolute atomic E-state index is 0.467. The van der Waals surface area contributed by atoms with Crippen LogP contribution in [-0.2, 0) is 16.6 Å². The Balaban J connectivity index is 2.56. The van der Waals surface area contributed by atoms with E-state index in [4.69, 9.17) is 17.3 Å². The predicted octanol–water partition coefficient (Wildman–Crippen LogP) is 3.36. The van der Waals surface area contributed by atoms with Gasteiger partial charge in [0, 0.05) is 32.8 Å². The van der Waals surface area contributed by atoms with Gasteiger partial charge in [0.25, 0.3) is 0 Å². The first kappa shape index (κ1) is 13.5. The minimum atomic E-state index is -0.857. The highest BCUT2D eigenvalue weighted by Gasteiger charge is 2.08. The van der Waals surface area contributed by atoms with E-state index < -0.39 is 10.8 Å². The summed E-state index contributed by atoms with van der Waals surface area (Å²) >= 11 is 6.02. The Hall–Kier alpha value is -0.540. The van der Waals surface area contributed by atoms with E-state index in [9.17, 15) is 4.21 Å². The standard InChI is InChI=1S/C12H18ClNOS/c1-2-3-4-8-16(15)9-10-11(13)6-5-7-12(10)14/h5-7H,2-4,8-9,14H2,1H3. The van der Waals surface area contributed by atoms with Gasteiger partial charge in [-0.15, -0.1) is 0 Å². The van der Waals surface area contributed by atoms with Gasteiger partial charge in [0.2, 0.25) is 0 Å². The van der Waals surface area contributed by atoms with Crippen molar-refractivity contribution in [3.05, 3.63) is 28.8 Å². The van der Waals surface area contributed by atoms with Crippen molar-refractivity contribution in [3.8, 4) is 0 Å². The van der Waals surface area contributed by atoms with E-state index in [0.29, 0.717) is 16.5 Å². The summed E-state index contributed by atoms with van der Waals surface area (Å²) in [7, 11) is -0.857. The average molecular weight is 260 g/mol. The molecule has 0 saturated carbocycles. The largest absolute Gasteiger partial charge is 0.398 e. The van der Waals surface area contributed by atoms with E-state index in [0.717, 1.165) is 30.6 Å². The van der Waals surface area contributed by atoms with Crippen LogP contribution < -0.4 is 5.73 Å². The van der Waals surface area contributed by atoms with Gasteiger partial charge in [-0.2, -0.15) is 0 Å². The molecule has 0 aliphatic heterocycles. The van der Waals surface area contributed by atoms with Gasteiger partial charge in [0.15, 0.2) is 0 Å². The van der Waals surface area contributed by atoms with Crippen LogP contribution in [0, 0.1) is 0 Å². The summed E-state index contributed by atoms with van der Waals surface area (Å²) in [6.45, 7) is 2.13. The third-order valence-corrected chi connectivity index (χ3v) is 4.14. The molecule has 90 valence electrons. The number of nitrogens with two attached hydrogens (primary N) is 1. The normalized spacial score (nSPS) is 12.6. The molecule has 2 nitrogen and oxygen atoms in total. The first-order chi connectivity index (χ1) is 7.65. The maximum absolute atomic E-state index is 11.8. The molecule has 16 heavy (non-hydrogen) atoms. The summed E-state index contributed by atoms with van der Waals surface area (Å²) in [4.78, 5) is 0. The number of benzene rings is 1. The van der Waals surface area contributed by atoms with Crippen molar-refractivity contribution in [1.29, 1.82) is 0 Å². The molecule has 1 aromatic rings. The van der Waals surface area contributed by atoms with E-state index >= 15 is 0 Å². The molecule has 4 heteroatoms. The molecule has 0 aliphatic rings. The summed E-state index contributed by atoms with van der Waals surface area (Å²) in [6, 6.07) is 5.39. The van der Waals surface area contributed by atoms with Crippen molar-refractivity contribution in [2.24, 2.45) is 0 Å². The van der Waals surface area contributed by atoms with Crippen molar-refractivity contribution >= 4 is 28.1 Å². The Labute approximate surface area is 105 Å². The average Bonchev–Trinajstić information content (AvgIpc) is 2.24. The SMILES string of the molecule is CCCCCS(=O)Cc1c(N)cccc1Cl. The van der Waals surface area contributed by atoms with Crippen LogP contribution in [0.1, 0.15) is 31.7 Å². The first-order valence-corrected chi connectivity index (χ1v) is 7.39. The van der Waals surface area contributed by atoms with Crippen LogP contribution in [0.5, 0.6) is 0 Å². The molecule has 0 aliphatic carbocycles. The highest BCUT2D eigenvalue weighted by atomic mass is 35.5. The van der Waals surface area contributed by atoms with Gasteiger partial charge in [0.1, 0.15) is 0 Å². The molecule has 0 aromatic heterocycles. The Bertz CT molecular complexity index is 348. The molecular weight excluding hydrogens is 242 g/mol. The lowest BCUT2D eigenvalue weighted by Crippen LogP contribution is -2.04. The summed E-state index contributed by atoms with van der Waals surface area (Å²) in [5.41, 5.74) is 7.26. The molecule has 0 radical (unpaired) electrons. The van der Waals surface area contributed by atoms with Crippen LogP contribution in [-0.4, -0.2) is 9.96 Å². The highest BCUT2D eigenvalue weighted by Crippen LogP contribution is 2.23. The molecule has 1 rings (SSSR count). The molecule has 0 fully saturated rings. The topological polar surface area (TPSA) is 43.1 Å². The number of unbranched alkanes of at least 4 members (excludes halogenated alkanes) is 2. The molecule has 2 N–H and O–H groups in total. The zero-order chi connectivity index (χ0) is 12.0. The molecule has 0 bridgehead atoms. The fraction of sp³-hybridized carbons (Fsp3) is 0.500. The van der Waals surface area contributed by atoms with Crippen molar-refractivity contribution in [1.82, 2.24) is 0 Å². The van der Waals surface area contributed by atoms with Crippen LogP contribution in [0.2, 0.25) is 5.02 Å². The van der Waals surface area contributed by atoms with Crippen molar-refractivity contribution in [2.75, 3.05) is 11.5 Å². The van der Waals surface area contributed by atoms with E-state index in [2.05, 4.69) is 6.92 Å². The Morgan fingerprint density at radius 2 is 2.12 bits per heavy atom. The van der Waals surface area contributed by atoms with Crippen LogP contribution in [0.15, 0.2) is 18.2 Å². The number of rotatable bonds is 6. The predicted molar refractivity (Wildman–Crippen MR) is 72.1 cm³/mol. The quantitative estimate of drug-likeness (QED) is 0.629. The van der Waals surface area contributed by atoms with Crippen molar-refractivity contribution < 1.29 is 4.21 Å². The van der Waals surface area contributed by atoms with Crippen molar-refractivity contribution in [3.63, 3.8) is 0 Å². The third-order valence-electron chi connectivity index (χ3n) is 2.44. The number of hydrogen-bond donors (Lipinski definition) is 1. The summed E-state index contributed by atoms with van der Waals surface area (Å²) in [5, 5.41) is 0.615. The first-order valence-electron chi connectivity index (χ1n) is 5.53. The lowest BCUT2D eigenvalue weighted by atomic mass is 10.2. The molecule has 1 aromatic carbocycles. The lowest BCUT2D eigenvalue weighted by molar-refractivity contribution is 0.676. The highest BCUT2D eigenvalue weighted by molar-refractivity contribution is 7.84. The maximum atomic E-state index is 11.8. The molecule has 1 atom stereocenters. The van der Waals surface area contributed by atoms with Crippen LogP contribution in [0.4, 0.5) is 5.69 Å². The number of halogens is 1. The Morgan fingerprint density at radius 1 is 1.38 bits per heavy atom. The Morgan fingerprint density at radius 3 is 2.75 bits per heavy atom. The van der Waals surface area contributed by atoms with Crippen LogP contribution in [0.25, 0.3) is 0 Å². The van der Waals surface area contributed by atoms with Gasteiger partial charge in [-0.05, 0) is 18.6 Å². The molecule has 0 heterocycles. The number of anilines is 1. The van der Waals surface area contributed by atoms with E-state index in [-0.39, 0.29) is 0 Å². The smallest absolute Gasteiger partial charge is 0.0520 e. The summed E-state index contributed by atoms with van der Waals surface area (Å²) < 4.78 is 11.8. The van der Waals surface area contributed by atoms with Gasteiger partial charge in [-0.25, -0.2) is 0 Å². The molecule has 0 spiro atoms. The summed E-state index contributed by atoms with van der Waals surface area (Å²) in [6.07, 6.45) is 3.28. The fourth-order valence-electron chi connectivity index (χ4n) is 1.47. The van der Waals surface area contributed by atoms with Crippen LogP contribution in [0.3, 0.4) is 0 Å². The van der Waals surface area contributed by atoms with Gasteiger partial charge in [0.05, 0.1) is 5.75 Å². The lowest BCUT2D eigenvalue weighted by Gasteiger charge is -2.07. The molecule has 0 saturated heterocycles. The maximum Gasteiger partial charge on any atom is 0.0520 e. The zero-order valence-electron chi connectivity index (χ0n) is 9.54. The van der Waals surface area contributed by atoms with E-state index in [1.54, 1.807) is 18.2 Å². The molecule has 1 unspecified atom stereocenters. The van der Waals surface area contributed by atoms with Crippen molar-refractivity contribution in [2.45, 2.75) is 31.9 Å². The Kier molecular flexibility index (Phi) is 5.85. The second-order valence-corrected chi connectivity index (χ2v) is 5.79. The fourth-order valence-corrected chi connectivity index (χ4v) is 3.12. The second kappa shape index (κ2) is 6.92.